The van der Waals surface area contributed by atoms with E-state index in [2.05, 4.69) is 52.2 Å². The predicted molar refractivity (Wildman–Crippen MR) is 87.3 cm³/mol. The average Bonchev–Trinajstić information content (AvgIpc) is 2.53. The molecule has 1 aromatic heterocycles. The number of hydrogen-bond donors (Lipinski definition) is 1. The molecule has 1 N–H and O–H groups in total. The van der Waals surface area contributed by atoms with Gasteiger partial charge in [0.25, 0.3) is 0 Å². The summed E-state index contributed by atoms with van der Waals surface area (Å²) in [6, 6.07) is 8.33. The van der Waals surface area contributed by atoms with Crippen molar-refractivity contribution in [3.05, 3.63) is 41.7 Å². The van der Waals surface area contributed by atoms with Crippen LogP contribution in [0.3, 0.4) is 0 Å². The third-order valence-corrected chi connectivity index (χ3v) is 4.20. The summed E-state index contributed by atoms with van der Waals surface area (Å²) in [5.74, 6) is 1.89. The van der Waals surface area contributed by atoms with Crippen molar-refractivity contribution in [3.8, 4) is 0 Å². The molecule has 0 aliphatic carbocycles. The molecule has 0 bridgehead atoms. The Balaban J connectivity index is 1.81. The lowest BCUT2D eigenvalue weighted by molar-refractivity contribution is 0.573. The minimum atomic E-state index is 0.860. The molecule has 110 valence electrons. The fraction of sp³-hybridized carbons (Fsp3) is 0.412. The maximum atomic E-state index is 4.42. The van der Waals surface area contributed by atoms with Gasteiger partial charge in [0.1, 0.15) is 18.0 Å². The summed E-state index contributed by atoms with van der Waals surface area (Å²) < 4.78 is 0. The van der Waals surface area contributed by atoms with Crippen molar-refractivity contribution in [1.29, 1.82) is 0 Å². The number of aromatic nitrogens is 2. The SMILES string of the molecule is Cc1cccc(Nc2cc(N3CCCCC3)ncn2)c1C. The summed E-state index contributed by atoms with van der Waals surface area (Å²) in [4.78, 5) is 11.1. The van der Waals surface area contributed by atoms with Crippen molar-refractivity contribution < 1.29 is 0 Å². The van der Waals surface area contributed by atoms with Crippen LogP contribution in [0, 0.1) is 13.8 Å². The zero-order valence-corrected chi connectivity index (χ0v) is 12.8. The molecule has 0 spiro atoms. The van der Waals surface area contributed by atoms with E-state index < -0.39 is 0 Å². The first-order valence-electron chi connectivity index (χ1n) is 7.64. The standard InChI is InChI=1S/C17H22N4/c1-13-7-6-8-15(14(13)2)20-16-11-17(19-12-18-16)21-9-4-3-5-10-21/h6-8,11-12H,3-5,9-10H2,1-2H3,(H,18,19,20). The number of nitrogens with one attached hydrogen (secondary N) is 1. The lowest BCUT2D eigenvalue weighted by Gasteiger charge is -2.27. The van der Waals surface area contributed by atoms with Gasteiger partial charge in [-0.05, 0) is 50.3 Å². The highest BCUT2D eigenvalue weighted by atomic mass is 15.2. The molecule has 1 fully saturated rings. The molecule has 4 nitrogen and oxygen atoms in total. The third kappa shape index (κ3) is 3.15. The van der Waals surface area contributed by atoms with Gasteiger partial charge in [0.05, 0.1) is 0 Å². The molecule has 0 unspecified atom stereocenters. The van der Waals surface area contributed by atoms with E-state index in [0.717, 1.165) is 30.4 Å². The van der Waals surface area contributed by atoms with E-state index in [0.29, 0.717) is 0 Å². The second-order valence-corrected chi connectivity index (χ2v) is 5.68. The Morgan fingerprint density at radius 2 is 1.86 bits per heavy atom. The van der Waals surface area contributed by atoms with Crippen LogP contribution in [0.4, 0.5) is 17.3 Å². The van der Waals surface area contributed by atoms with Crippen LogP contribution in [0.5, 0.6) is 0 Å². The van der Waals surface area contributed by atoms with Gasteiger partial charge in [-0.3, -0.25) is 0 Å². The second kappa shape index (κ2) is 6.12. The molecule has 0 saturated carbocycles. The Labute approximate surface area is 126 Å². The van der Waals surface area contributed by atoms with E-state index in [-0.39, 0.29) is 0 Å². The first kappa shape index (κ1) is 13.9. The number of hydrogen-bond acceptors (Lipinski definition) is 4. The summed E-state index contributed by atoms with van der Waals surface area (Å²) in [5, 5.41) is 3.41. The summed E-state index contributed by atoms with van der Waals surface area (Å²) >= 11 is 0. The predicted octanol–water partition coefficient (Wildman–Crippen LogP) is 3.83. The summed E-state index contributed by atoms with van der Waals surface area (Å²) in [6.07, 6.45) is 5.49. The molecule has 2 heterocycles. The first-order valence-corrected chi connectivity index (χ1v) is 7.64. The van der Waals surface area contributed by atoms with Gasteiger partial charge >= 0.3 is 0 Å². The zero-order chi connectivity index (χ0) is 14.7. The molecule has 1 aromatic carbocycles. The fourth-order valence-electron chi connectivity index (χ4n) is 2.74. The molecule has 0 amide bonds. The summed E-state index contributed by atoms with van der Waals surface area (Å²) in [6.45, 7) is 6.45. The minimum absolute atomic E-state index is 0.860. The maximum absolute atomic E-state index is 4.42. The fourth-order valence-corrected chi connectivity index (χ4v) is 2.74. The maximum Gasteiger partial charge on any atom is 0.135 e. The molecule has 0 radical (unpaired) electrons. The monoisotopic (exact) mass is 282 g/mol. The average molecular weight is 282 g/mol. The highest BCUT2D eigenvalue weighted by Crippen LogP contribution is 2.24. The van der Waals surface area contributed by atoms with E-state index in [9.17, 15) is 0 Å². The number of piperidine rings is 1. The van der Waals surface area contributed by atoms with E-state index in [1.54, 1.807) is 6.33 Å². The first-order chi connectivity index (χ1) is 10.2. The largest absolute Gasteiger partial charge is 0.356 e. The molecule has 0 atom stereocenters. The van der Waals surface area contributed by atoms with Gasteiger partial charge in [0, 0.05) is 24.8 Å². The van der Waals surface area contributed by atoms with E-state index in [1.165, 1.54) is 30.4 Å². The quantitative estimate of drug-likeness (QED) is 0.929. The molecular formula is C17H22N4. The van der Waals surface area contributed by atoms with Gasteiger partial charge in [-0.1, -0.05) is 12.1 Å². The van der Waals surface area contributed by atoms with Crippen molar-refractivity contribution in [2.24, 2.45) is 0 Å². The topological polar surface area (TPSA) is 41.0 Å². The van der Waals surface area contributed by atoms with Crippen LogP contribution in [0.2, 0.25) is 0 Å². The van der Waals surface area contributed by atoms with Gasteiger partial charge in [0.15, 0.2) is 0 Å². The Bertz CT molecular complexity index is 618. The van der Waals surface area contributed by atoms with Crippen LogP contribution >= 0.6 is 0 Å². The minimum Gasteiger partial charge on any atom is -0.356 e. The Morgan fingerprint density at radius 1 is 1.05 bits per heavy atom. The van der Waals surface area contributed by atoms with Gasteiger partial charge in [-0.25, -0.2) is 9.97 Å². The molecule has 1 aliphatic rings. The van der Waals surface area contributed by atoms with Crippen molar-refractivity contribution in [2.45, 2.75) is 33.1 Å². The highest BCUT2D eigenvalue weighted by Gasteiger charge is 2.13. The normalized spacial score (nSPS) is 15.0. The van der Waals surface area contributed by atoms with E-state index in [1.807, 2.05) is 6.07 Å². The van der Waals surface area contributed by atoms with E-state index in [4.69, 9.17) is 0 Å². The number of aryl methyl sites for hydroxylation is 1. The molecule has 1 saturated heterocycles. The molecule has 2 aromatic rings. The number of rotatable bonds is 3. The lowest BCUT2D eigenvalue weighted by atomic mass is 10.1. The van der Waals surface area contributed by atoms with Crippen molar-refractivity contribution in [2.75, 3.05) is 23.3 Å². The van der Waals surface area contributed by atoms with Crippen molar-refractivity contribution in [1.82, 2.24) is 9.97 Å². The van der Waals surface area contributed by atoms with Crippen molar-refractivity contribution >= 4 is 17.3 Å². The Morgan fingerprint density at radius 3 is 2.67 bits per heavy atom. The summed E-state index contributed by atoms with van der Waals surface area (Å²) in [7, 11) is 0. The second-order valence-electron chi connectivity index (χ2n) is 5.68. The molecule has 1 aliphatic heterocycles. The number of benzene rings is 1. The summed E-state index contributed by atoms with van der Waals surface area (Å²) in [5.41, 5.74) is 3.65. The number of nitrogens with zero attached hydrogens (tertiary/aromatic N) is 3. The Kier molecular flexibility index (Phi) is 4.04. The van der Waals surface area contributed by atoms with Crippen LogP contribution in [0.25, 0.3) is 0 Å². The third-order valence-electron chi connectivity index (χ3n) is 4.20. The van der Waals surface area contributed by atoms with Crippen molar-refractivity contribution in [3.63, 3.8) is 0 Å². The van der Waals surface area contributed by atoms with Gasteiger partial charge in [0.2, 0.25) is 0 Å². The van der Waals surface area contributed by atoms with Crippen LogP contribution in [0.15, 0.2) is 30.6 Å². The number of anilines is 3. The van der Waals surface area contributed by atoms with Crippen LogP contribution in [-0.4, -0.2) is 23.1 Å². The molecule has 3 rings (SSSR count). The zero-order valence-electron chi connectivity index (χ0n) is 12.8. The molecule has 21 heavy (non-hydrogen) atoms. The van der Waals surface area contributed by atoms with Gasteiger partial charge < -0.3 is 10.2 Å². The molecular weight excluding hydrogens is 260 g/mol. The van der Waals surface area contributed by atoms with Gasteiger partial charge in [-0.15, -0.1) is 0 Å². The smallest absolute Gasteiger partial charge is 0.135 e. The highest BCUT2D eigenvalue weighted by molar-refractivity contribution is 5.63. The van der Waals surface area contributed by atoms with Gasteiger partial charge in [-0.2, -0.15) is 0 Å². The molecule has 4 heteroatoms. The van der Waals surface area contributed by atoms with Crippen LogP contribution in [-0.2, 0) is 0 Å². The Hall–Kier alpha value is -2.10. The van der Waals surface area contributed by atoms with Crippen LogP contribution < -0.4 is 10.2 Å². The lowest BCUT2D eigenvalue weighted by Crippen LogP contribution is -2.30. The van der Waals surface area contributed by atoms with Crippen LogP contribution in [0.1, 0.15) is 30.4 Å². The van der Waals surface area contributed by atoms with E-state index >= 15 is 0 Å².